The highest BCUT2D eigenvalue weighted by molar-refractivity contribution is 6.38. The largest absolute Gasteiger partial charge is 0.300 e. The quantitative estimate of drug-likeness (QED) is 0.351. The molecule has 1 aromatic carbocycles. The van der Waals surface area contributed by atoms with E-state index < -0.39 is 0 Å². The summed E-state index contributed by atoms with van der Waals surface area (Å²) in [6, 6.07) is 12.2. The van der Waals surface area contributed by atoms with E-state index in [1.54, 1.807) is 18.2 Å². The van der Waals surface area contributed by atoms with Gasteiger partial charge >= 0.3 is 0 Å². The molecule has 33 heavy (non-hydrogen) atoms. The van der Waals surface area contributed by atoms with Crippen molar-refractivity contribution in [3.05, 3.63) is 59.8 Å². The lowest BCUT2D eigenvalue weighted by Gasteiger charge is -2.17. The summed E-state index contributed by atoms with van der Waals surface area (Å²) >= 11 is 0. The molecule has 0 unspecified atom stereocenters. The summed E-state index contributed by atoms with van der Waals surface area (Å²) in [5.41, 5.74) is 2.17. The SMILES string of the molecule is Cc1cc2n(n1)CC[C@H](/C=C/CCC(=O)C(=N)N=C[C@@H](C)CCc1ccccc1)C(=O)N2C. The molecular formula is C26H33N5O2. The molecule has 2 atom stereocenters. The molecule has 1 N–H and O–H groups in total. The summed E-state index contributed by atoms with van der Waals surface area (Å²) < 4.78 is 1.87. The Morgan fingerprint density at radius 3 is 2.85 bits per heavy atom. The van der Waals surface area contributed by atoms with Crippen molar-refractivity contribution in [2.45, 2.75) is 52.5 Å². The van der Waals surface area contributed by atoms with Crippen molar-refractivity contribution >= 4 is 29.6 Å². The lowest BCUT2D eigenvalue weighted by Crippen LogP contribution is -2.31. The molecule has 0 fully saturated rings. The molecule has 1 aliphatic heterocycles. The second-order valence-corrected chi connectivity index (χ2v) is 8.68. The highest BCUT2D eigenvalue weighted by atomic mass is 16.2. The van der Waals surface area contributed by atoms with E-state index in [0.29, 0.717) is 19.4 Å². The number of Topliss-reactive ketones (excluding diaryl/α,β-unsaturated/α-hetero) is 1. The third kappa shape index (κ3) is 6.81. The number of carbonyl (C=O) groups is 2. The van der Waals surface area contributed by atoms with Gasteiger partial charge in [-0.2, -0.15) is 5.10 Å². The van der Waals surface area contributed by atoms with Crippen molar-refractivity contribution in [3.63, 3.8) is 0 Å². The number of fused-ring (bicyclic) bond motifs is 1. The van der Waals surface area contributed by atoms with Crippen molar-refractivity contribution in [2.24, 2.45) is 16.8 Å². The van der Waals surface area contributed by atoms with Gasteiger partial charge in [0.05, 0.1) is 11.6 Å². The van der Waals surface area contributed by atoms with Crippen molar-refractivity contribution in [3.8, 4) is 0 Å². The van der Waals surface area contributed by atoms with Crippen LogP contribution in [0.15, 0.2) is 53.5 Å². The van der Waals surface area contributed by atoms with Crippen LogP contribution < -0.4 is 4.90 Å². The lowest BCUT2D eigenvalue weighted by molar-refractivity contribution is -0.120. The minimum absolute atomic E-state index is 0.0260. The first-order chi connectivity index (χ1) is 15.8. The van der Waals surface area contributed by atoms with Crippen molar-refractivity contribution in [1.82, 2.24) is 9.78 Å². The van der Waals surface area contributed by atoms with Crippen LogP contribution in [0, 0.1) is 24.2 Å². The molecule has 1 aromatic heterocycles. The van der Waals surface area contributed by atoms with Crippen molar-refractivity contribution in [2.75, 3.05) is 11.9 Å². The fourth-order valence-corrected chi connectivity index (χ4v) is 3.87. The van der Waals surface area contributed by atoms with Gasteiger partial charge in [-0.3, -0.25) is 19.9 Å². The summed E-state index contributed by atoms with van der Waals surface area (Å²) in [5, 5.41) is 12.4. The smallest absolute Gasteiger partial charge is 0.234 e. The van der Waals surface area contributed by atoms with Gasteiger partial charge in [0.1, 0.15) is 5.82 Å². The first-order valence-corrected chi connectivity index (χ1v) is 11.5. The van der Waals surface area contributed by atoms with Crippen molar-refractivity contribution in [1.29, 1.82) is 5.41 Å². The van der Waals surface area contributed by atoms with Crippen LogP contribution in [0.1, 0.15) is 43.9 Å². The van der Waals surface area contributed by atoms with Crippen molar-refractivity contribution < 1.29 is 9.59 Å². The monoisotopic (exact) mass is 447 g/mol. The number of aliphatic imine (C=N–C) groups is 1. The van der Waals surface area contributed by atoms with Crippen LogP contribution in [0.2, 0.25) is 0 Å². The van der Waals surface area contributed by atoms with Gasteiger partial charge in [0.2, 0.25) is 5.91 Å². The van der Waals surface area contributed by atoms with Gasteiger partial charge < -0.3 is 0 Å². The number of amidine groups is 1. The standard InChI is InChI=1S/C26H33N5O2/c1-19(13-14-21-9-5-4-6-10-21)18-28-25(27)23(32)12-8-7-11-22-15-16-31-24(17-20(2)29-31)30(3)26(22)33/h4-7,9-11,17-19,22,27H,8,12-16H2,1-3H3/b11-7+,27-25?,28-18?/t19-,22-/m0/s1. The minimum atomic E-state index is -0.286. The van der Waals surface area contributed by atoms with E-state index in [-0.39, 0.29) is 35.8 Å². The van der Waals surface area contributed by atoms with Gasteiger partial charge in [0.15, 0.2) is 11.6 Å². The second-order valence-electron chi connectivity index (χ2n) is 8.68. The molecule has 3 rings (SSSR count). The maximum absolute atomic E-state index is 12.8. The van der Waals surface area contributed by atoms with Crippen LogP contribution >= 0.6 is 0 Å². The normalized spacial score (nSPS) is 17.4. The third-order valence-electron chi connectivity index (χ3n) is 5.88. The van der Waals surface area contributed by atoms with E-state index in [0.717, 1.165) is 24.4 Å². The number of aryl methyl sites for hydroxylation is 3. The third-order valence-corrected chi connectivity index (χ3v) is 5.88. The fraction of sp³-hybridized carbons (Fsp3) is 0.423. The van der Waals surface area contributed by atoms with E-state index >= 15 is 0 Å². The molecule has 1 aliphatic rings. The first kappa shape index (κ1) is 24.3. The molecular weight excluding hydrogens is 414 g/mol. The first-order valence-electron chi connectivity index (χ1n) is 11.5. The maximum Gasteiger partial charge on any atom is 0.234 e. The number of carbonyl (C=O) groups excluding carboxylic acids is 2. The number of ketones is 1. The minimum Gasteiger partial charge on any atom is -0.300 e. The van der Waals surface area contributed by atoms with Gasteiger partial charge in [-0.05, 0) is 44.1 Å². The Morgan fingerprint density at radius 2 is 2.09 bits per heavy atom. The highest BCUT2D eigenvalue weighted by Crippen LogP contribution is 2.24. The molecule has 7 nitrogen and oxygen atoms in total. The molecule has 174 valence electrons. The molecule has 7 heteroatoms. The van der Waals surface area contributed by atoms with E-state index in [9.17, 15) is 9.59 Å². The van der Waals surface area contributed by atoms with Crippen LogP contribution in [-0.2, 0) is 22.6 Å². The number of aromatic nitrogens is 2. The zero-order valence-corrected chi connectivity index (χ0v) is 19.7. The Labute approximate surface area is 195 Å². The number of hydrogen-bond acceptors (Lipinski definition) is 4. The molecule has 0 saturated heterocycles. The van der Waals surface area contributed by atoms with Crippen LogP contribution in [0.3, 0.4) is 0 Å². The van der Waals surface area contributed by atoms with Crippen LogP contribution in [0.25, 0.3) is 0 Å². The second kappa shape index (κ2) is 11.5. The van der Waals surface area contributed by atoms with E-state index in [1.165, 1.54) is 5.56 Å². The molecule has 0 spiro atoms. The molecule has 0 bridgehead atoms. The molecule has 2 heterocycles. The summed E-state index contributed by atoms with van der Waals surface area (Å²) in [7, 11) is 1.77. The summed E-state index contributed by atoms with van der Waals surface area (Å²) in [5.74, 6) is 0.295. The predicted octanol–water partition coefficient (Wildman–Crippen LogP) is 4.40. The number of rotatable bonds is 9. The summed E-state index contributed by atoms with van der Waals surface area (Å²) in [6.45, 7) is 4.64. The summed E-state index contributed by atoms with van der Waals surface area (Å²) in [6.07, 6.45) is 8.67. The van der Waals surface area contributed by atoms with Gasteiger partial charge in [0.25, 0.3) is 0 Å². The molecule has 0 radical (unpaired) electrons. The Kier molecular flexibility index (Phi) is 8.46. The van der Waals surface area contributed by atoms with Crippen LogP contribution in [0.4, 0.5) is 5.82 Å². The average Bonchev–Trinajstić information content (AvgIpc) is 3.16. The average molecular weight is 448 g/mol. The molecule has 0 aliphatic carbocycles. The summed E-state index contributed by atoms with van der Waals surface area (Å²) in [4.78, 5) is 30.7. The van der Waals surface area contributed by atoms with E-state index in [2.05, 4.69) is 22.2 Å². The Bertz CT molecular complexity index is 1040. The Balaban J connectivity index is 1.41. The Hall–Kier alpha value is -3.35. The maximum atomic E-state index is 12.8. The molecule has 2 aromatic rings. The molecule has 1 amide bonds. The van der Waals surface area contributed by atoms with Gasteiger partial charge in [-0.15, -0.1) is 0 Å². The van der Waals surface area contributed by atoms with Gasteiger partial charge in [-0.25, -0.2) is 9.67 Å². The predicted molar refractivity (Wildman–Crippen MR) is 132 cm³/mol. The zero-order chi connectivity index (χ0) is 23.8. The van der Waals surface area contributed by atoms with Gasteiger partial charge in [-0.1, -0.05) is 49.4 Å². The lowest BCUT2D eigenvalue weighted by atomic mass is 10.0. The number of allylic oxidation sites excluding steroid dienone is 1. The van der Waals surface area contributed by atoms with Gasteiger partial charge in [0, 0.05) is 32.3 Å². The number of nitrogens with zero attached hydrogens (tertiary/aromatic N) is 4. The topological polar surface area (TPSA) is 91.4 Å². The highest BCUT2D eigenvalue weighted by Gasteiger charge is 2.27. The number of benzene rings is 1. The Morgan fingerprint density at radius 1 is 1.33 bits per heavy atom. The van der Waals surface area contributed by atoms with E-state index in [4.69, 9.17) is 5.41 Å². The van der Waals surface area contributed by atoms with Crippen LogP contribution in [0.5, 0.6) is 0 Å². The van der Waals surface area contributed by atoms with Crippen LogP contribution in [-0.4, -0.2) is 40.6 Å². The van der Waals surface area contributed by atoms with E-state index in [1.807, 2.05) is 54.9 Å². The number of amides is 1. The number of anilines is 1. The zero-order valence-electron chi connectivity index (χ0n) is 19.7. The number of hydrogen-bond donors (Lipinski definition) is 1. The fourth-order valence-electron chi connectivity index (χ4n) is 3.87. The number of nitrogens with one attached hydrogen (secondary N) is 1. The molecule has 0 saturated carbocycles.